The lowest BCUT2D eigenvalue weighted by Crippen LogP contribution is -2.27. The first-order valence-corrected chi connectivity index (χ1v) is 10.8. The number of nitriles is 1. The molecule has 1 saturated heterocycles. The Morgan fingerprint density at radius 3 is 2.52 bits per heavy atom. The molecule has 0 aliphatic carbocycles. The Hall–Kier alpha value is -3.48. The van der Waals surface area contributed by atoms with Gasteiger partial charge in [-0.15, -0.1) is 5.10 Å². The summed E-state index contributed by atoms with van der Waals surface area (Å²) in [4.78, 5) is 6.90. The molecule has 1 aliphatic rings. The first-order chi connectivity index (χ1) is 16.0. The lowest BCUT2D eigenvalue weighted by Gasteiger charge is -2.21. The maximum absolute atomic E-state index is 9.42. The third kappa shape index (κ3) is 4.27. The molecule has 0 radical (unpaired) electrons. The first kappa shape index (κ1) is 22.7. The minimum Gasteiger partial charge on any atom is -0.495 e. The van der Waals surface area contributed by atoms with Crippen LogP contribution in [-0.2, 0) is 9.47 Å². The predicted octanol–water partition coefficient (Wildman–Crippen LogP) is 3.24. The van der Waals surface area contributed by atoms with Crippen LogP contribution in [0.1, 0.15) is 29.8 Å². The fraction of sp³-hybridized carbons (Fsp3) is 0.417. The van der Waals surface area contributed by atoms with E-state index in [2.05, 4.69) is 32.5 Å². The number of hydrogen-bond donors (Lipinski definition) is 1. The van der Waals surface area contributed by atoms with E-state index < -0.39 is 0 Å². The largest absolute Gasteiger partial charge is 0.495 e. The van der Waals surface area contributed by atoms with Crippen molar-refractivity contribution < 1.29 is 14.2 Å². The van der Waals surface area contributed by atoms with Gasteiger partial charge in [0.1, 0.15) is 24.0 Å². The minimum atomic E-state index is -0.181. The molecule has 33 heavy (non-hydrogen) atoms. The van der Waals surface area contributed by atoms with Crippen LogP contribution in [0.3, 0.4) is 0 Å². The van der Waals surface area contributed by atoms with Crippen LogP contribution in [0.15, 0.2) is 30.5 Å². The van der Waals surface area contributed by atoms with Gasteiger partial charge in [-0.2, -0.15) is 10.4 Å². The van der Waals surface area contributed by atoms with Crippen molar-refractivity contribution in [2.45, 2.75) is 32.1 Å². The van der Waals surface area contributed by atoms with Gasteiger partial charge in [0.05, 0.1) is 41.8 Å². The number of aryl methyl sites for hydroxylation is 1. The number of hydrogen-bond acceptors (Lipinski definition) is 9. The molecule has 0 amide bonds. The summed E-state index contributed by atoms with van der Waals surface area (Å²) in [5, 5.41) is 22.5. The number of methoxy groups -OCH3 is 3. The van der Waals surface area contributed by atoms with E-state index in [1.54, 1.807) is 27.4 Å². The molecule has 1 aliphatic heterocycles. The smallest absolute Gasteiger partial charge is 0.158 e. The molecular formula is C24H28N6O3. The molecule has 3 heterocycles. The van der Waals surface area contributed by atoms with Crippen LogP contribution >= 0.6 is 0 Å². The van der Waals surface area contributed by atoms with Crippen molar-refractivity contribution in [3.8, 4) is 11.8 Å². The summed E-state index contributed by atoms with van der Waals surface area (Å²) in [5.41, 5.74) is 3.86. The molecule has 4 rings (SSSR count). The molecular weight excluding hydrogens is 420 g/mol. The van der Waals surface area contributed by atoms with Crippen LogP contribution < -0.4 is 15.0 Å². The fourth-order valence-electron chi connectivity index (χ4n) is 4.33. The van der Waals surface area contributed by atoms with Crippen LogP contribution in [-0.4, -0.2) is 61.8 Å². The molecule has 0 unspecified atom stereocenters. The zero-order chi connectivity index (χ0) is 23.5. The van der Waals surface area contributed by atoms with Gasteiger partial charge in [-0.1, -0.05) is 12.1 Å². The summed E-state index contributed by atoms with van der Waals surface area (Å²) in [6.45, 7) is 5.33. The maximum Gasteiger partial charge on any atom is 0.158 e. The van der Waals surface area contributed by atoms with Gasteiger partial charge in [-0.3, -0.25) is 4.98 Å². The summed E-state index contributed by atoms with van der Waals surface area (Å²) >= 11 is 0. The van der Waals surface area contributed by atoms with Crippen LogP contribution in [0, 0.1) is 18.3 Å². The summed E-state index contributed by atoms with van der Waals surface area (Å²) in [6.07, 6.45) is 1.86. The quantitative estimate of drug-likeness (QED) is 0.583. The van der Waals surface area contributed by atoms with Crippen LogP contribution in [0.4, 0.5) is 11.5 Å². The molecule has 0 bridgehead atoms. The maximum atomic E-state index is 9.42. The highest BCUT2D eigenvalue weighted by Gasteiger charge is 2.33. The molecule has 1 aromatic carbocycles. The zero-order valence-electron chi connectivity index (χ0n) is 19.5. The fourth-order valence-corrected chi connectivity index (χ4v) is 4.33. The highest BCUT2D eigenvalue weighted by atomic mass is 16.5. The minimum absolute atomic E-state index is 0.000455. The van der Waals surface area contributed by atoms with Crippen LogP contribution in [0.25, 0.3) is 10.9 Å². The normalized spacial score (nSPS) is 18.8. The highest BCUT2D eigenvalue weighted by molar-refractivity contribution is 5.92. The topological polar surface area (TPSA) is 105 Å². The van der Waals surface area contributed by atoms with E-state index in [0.29, 0.717) is 17.1 Å². The third-order valence-corrected chi connectivity index (χ3v) is 6.15. The van der Waals surface area contributed by atoms with Crippen LogP contribution in [0.2, 0.25) is 0 Å². The Balaban J connectivity index is 1.70. The molecule has 0 saturated carbocycles. The number of nitrogens with zero attached hydrogens (tertiary/aromatic N) is 5. The summed E-state index contributed by atoms with van der Waals surface area (Å²) in [7, 11) is 4.98. The predicted molar refractivity (Wildman–Crippen MR) is 126 cm³/mol. The van der Waals surface area contributed by atoms with Gasteiger partial charge in [0, 0.05) is 38.3 Å². The average Bonchev–Trinajstić information content (AvgIpc) is 3.28. The van der Waals surface area contributed by atoms with E-state index in [0.717, 1.165) is 40.9 Å². The van der Waals surface area contributed by atoms with E-state index in [1.165, 1.54) is 0 Å². The second kappa shape index (κ2) is 9.57. The monoisotopic (exact) mass is 448 g/mol. The SMILES string of the molecule is COc1c(C#N)cccc1[C@@H](C)Nc1nnc(C)c2ncc(N3C[C@H](OC)[C@H](OC)C3)cc12. The van der Waals surface area contributed by atoms with Crippen molar-refractivity contribution in [1.29, 1.82) is 5.26 Å². The zero-order valence-corrected chi connectivity index (χ0v) is 19.5. The van der Waals surface area contributed by atoms with Crippen molar-refractivity contribution in [3.05, 3.63) is 47.3 Å². The molecule has 172 valence electrons. The Morgan fingerprint density at radius 2 is 1.88 bits per heavy atom. The first-order valence-electron chi connectivity index (χ1n) is 10.8. The second-order valence-electron chi connectivity index (χ2n) is 8.08. The van der Waals surface area contributed by atoms with E-state index in [1.807, 2.05) is 32.2 Å². The summed E-state index contributed by atoms with van der Waals surface area (Å²) in [5.74, 6) is 1.17. The standard InChI is InChI=1S/C24H28N6O3/c1-14(18-8-6-7-16(10-25)23(18)33-5)27-24-19-9-17(11-26-22(19)15(2)28-29-24)30-12-20(31-3)21(13-30)32-4/h6-9,11,14,20-21H,12-13H2,1-5H3,(H,27,29)/t14-,20-,21+/m1/s1. The van der Waals surface area contributed by atoms with E-state index in [9.17, 15) is 5.26 Å². The number of pyridine rings is 1. The number of ether oxygens (including phenoxy) is 3. The number of para-hydroxylation sites is 1. The molecule has 0 spiro atoms. The van der Waals surface area contributed by atoms with Crippen molar-refractivity contribution in [2.24, 2.45) is 0 Å². The van der Waals surface area contributed by atoms with Crippen molar-refractivity contribution >= 4 is 22.4 Å². The molecule has 1 N–H and O–H groups in total. The van der Waals surface area contributed by atoms with Crippen molar-refractivity contribution in [1.82, 2.24) is 15.2 Å². The van der Waals surface area contributed by atoms with Crippen LogP contribution in [0.5, 0.6) is 5.75 Å². The van der Waals surface area contributed by atoms with E-state index >= 15 is 0 Å². The Morgan fingerprint density at radius 1 is 1.15 bits per heavy atom. The van der Waals surface area contributed by atoms with Gasteiger partial charge in [0.2, 0.25) is 0 Å². The van der Waals surface area contributed by atoms with Gasteiger partial charge in [-0.05, 0) is 26.0 Å². The van der Waals surface area contributed by atoms with E-state index in [4.69, 9.17) is 19.2 Å². The van der Waals surface area contributed by atoms with Crippen molar-refractivity contribution in [3.63, 3.8) is 0 Å². The second-order valence-corrected chi connectivity index (χ2v) is 8.08. The number of rotatable bonds is 7. The molecule has 9 heteroatoms. The summed E-state index contributed by atoms with van der Waals surface area (Å²) in [6, 6.07) is 9.60. The average molecular weight is 449 g/mol. The van der Waals surface area contributed by atoms with Gasteiger partial charge in [0.25, 0.3) is 0 Å². The number of benzene rings is 1. The molecule has 3 aromatic rings. The number of aromatic nitrogens is 3. The molecule has 3 atom stereocenters. The molecule has 9 nitrogen and oxygen atoms in total. The number of anilines is 2. The van der Waals surface area contributed by atoms with Gasteiger partial charge in [-0.25, -0.2) is 0 Å². The Kier molecular flexibility index (Phi) is 6.58. The molecule has 2 aromatic heterocycles. The Bertz CT molecular complexity index is 1180. The van der Waals surface area contributed by atoms with E-state index in [-0.39, 0.29) is 18.2 Å². The number of fused-ring (bicyclic) bond motifs is 1. The highest BCUT2D eigenvalue weighted by Crippen LogP contribution is 2.33. The summed E-state index contributed by atoms with van der Waals surface area (Å²) < 4.78 is 16.7. The third-order valence-electron chi connectivity index (χ3n) is 6.15. The Labute approximate surface area is 193 Å². The van der Waals surface area contributed by atoms with Gasteiger partial charge >= 0.3 is 0 Å². The van der Waals surface area contributed by atoms with Crippen molar-refractivity contribution in [2.75, 3.05) is 44.6 Å². The number of nitrogens with one attached hydrogen (secondary N) is 1. The van der Waals surface area contributed by atoms with Gasteiger partial charge in [0.15, 0.2) is 5.82 Å². The van der Waals surface area contributed by atoms with Gasteiger partial charge < -0.3 is 24.4 Å². The lowest BCUT2D eigenvalue weighted by atomic mass is 10.0. The molecule has 1 fully saturated rings. The lowest BCUT2D eigenvalue weighted by molar-refractivity contribution is -0.00461.